The highest BCUT2D eigenvalue weighted by atomic mass is 16.1. The first-order chi connectivity index (χ1) is 29.3. The van der Waals surface area contributed by atoms with Gasteiger partial charge in [-0.3, -0.25) is 4.79 Å². The fraction of sp³-hybridized carbons (Fsp3) is 0.788. The number of pyridine rings is 1. The Morgan fingerprint density at radius 1 is 0.600 bits per heavy atom. The van der Waals surface area contributed by atoms with Crippen molar-refractivity contribution in [2.75, 3.05) is 65.2 Å². The van der Waals surface area contributed by atoms with Gasteiger partial charge in [-0.05, 0) is 110 Å². The summed E-state index contributed by atoms with van der Waals surface area (Å²) in [5, 5.41) is 4.22. The molecule has 0 unspecified atom stereocenters. The second kappa shape index (κ2) is 33.1. The van der Waals surface area contributed by atoms with Gasteiger partial charge in [0.1, 0.15) is 5.52 Å². The first-order valence-corrected chi connectivity index (χ1v) is 25.4. The highest BCUT2D eigenvalue weighted by Crippen LogP contribution is 2.29. The van der Waals surface area contributed by atoms with Crippen molar-refractivity contribution in [3.63, 3.8) is 0 Å². The Hall–Kier alpha value is -2.55. The molecule has 0 saturated heterocycles. The predicted molar refractivity (Wildman–Crippen MR) is 261 cm³/mol. The van der Waals surface area contributed by atoms with E-state index in [0.717, 1.165) is 54.3 Å². The normalized spacial score (nSPS) is 12.1. The third-order valence-corrected chi connectivity index (χ3v) is 12.5. The van der Waals surface area contributed by atoms with Gasteiger partial charge >= 0.3 is 0 Å². The minimum atomic E-state index is 0.0349. The summed E-state index contributed by atoms with van der Waals surface area (Å²) in [4.78, 5) is 30.6. The van der Waals surface area contributed by atoms with Crippen LogP contribution in [0.1, 0.15) is 195 Å². The van der Waals surface area contributed by atoms with Crippen LogP contribution in [0, 0.1) is 5.92 Å². The molecule has 1 amide bonds. The lowest BCUT2D eigenvalue weighted by atomic mass is 10.1. The van der Waals surface area contributed by atoms with Crippen molar-refractivity contribution in [3.05, 3.63) is 30.6 Å². The second-order valence-electron chi connectivity index (χ2n) is 18.8. The summed E-state index contributed by atoms with van der Waals surface area (Å²) in [5.41, 5.74) is 2.73. The van der Waals surface area contributed by atoms with Gasteiger partial charge in [0, 0.05) is 18.4 Å². The Morgan fingerprint density at radius 2 is 1.05 bits per heavy atom. The van der Waals surface area contributed by atoms with Gasteiger partial charge in [0.25, 0.3) is 0 Å². The number of amides is 1. The highest BCUT2D eigenvalue weighted by molar-refractivity contribution is 6.09. The van der Waals surface area contributed by atoms with Gasteiger partial charge in [-0.25, -0.2) is 9.97 Å². The molecule has 0 bridgehead atoms. The van der Waals surface area contributed by atoms with Crippen LogP contribution < -0.4 is 5.32 Å². The number of nitrogens with zero attached hydrogens (tertiary/aromatic N) is 6. The fourth-order valence-corrected chi connectivity index (χ4v) is 8.82. The Balaban J connectivity index is 1.35. The molecule has 0 aliphatic carbocycles. The number of hydrogen-bond acceptors (Lipinski definition) is 6. The quantitative estimate of drug-likeness (QED) is 0.0578. The summed E-state index contributed by atoms with van der Waals surface area (Å²) < 4.78 is 2.21. The molecule has 1 N–H and O–H groups in total. The van der Waals surface area contributed by atoms with Crippen LogP contribution in [0.15, 0.2) is 30.6 Å². The molecule has 0 saturated carbocycles. The van der Waals surface area contributed by atoms with Gasteiger partial charge in [-0.15, -0.1) is 0 Å². The Bertz CT molecular complexity index is 1500. The molecule has 0 aliphatic rings. The number of benzene rings is 1. The topological polar surface area (TPSA) is 69.5 Å². The third kappa shape index (κ3) is 22.5. The number of hydrogen-bond donors (Lipinski definition) is 1. The summed E-state index contributed by atoms with van der Waals surface area (Å²) in [6.45, 7) is 18.2. The van der Waals surface area contributed by atoms with Crippen molar-refractivity contribution < 1.29 is 4.79 Å². The molecule has 1 aromatic carbocycles. The van der Waals surface area contributed by atoms with Crippen LogP contribution in [-0.4, -0.2) is 95.1 Å². The van der Waals surface area contributed by atoms with Crippen molar-refractivity contribution in [1.82, 2.24) is 29.2 Å². The molecule has 2 heterocycles. The summed E-state index contributed by atoms with van der Waals surface area (Å²) in [7, 11) is 4.63. The molecule has 0 fully saturated rings. The maximum atomic E-state index is 13.2. The van der Waals surface area contributed by atoms with Gasteiger partial charge in [-0.1, -0.05) is 168 Å². The standard InChI is InChI=1S/C52H93N7O/c1-7-9-11-13-15-17-19-21-23-29-37-56(5)38-32-39-57(6)40-33-43-58(41-30-24-22-20-18-16-14-12-10-8-2)42-31-25-26-36-49(60)55-52-50-51(59(45-53-50)44-46(3)4)47-34-27-28-35-48(47)54-52/h27-28,34-35,45-46H,7-26,29-33,36-44H2,1-6H3,(H,54,55,60). The van der Waals surface area contributed by atoms with Gasteiger partial charge in [0.15, 0.2) is 5.82 Å². The maximum absolute atomic E-state index is 13.2. The van der Waals surface area contributed by atoms with Crippen LogP contribution >= 0.6 is 0 Å². The zero-order valence-corrected chi connectivity index (χ0v) is 40.1. The molecule has 3 rings (SSSR count). The SMILES string of the molecule is CCCCCCCCCCCCN(C)CCCN(C)CCCN(CCCCCCCCCCCC)CCCCCC(=O)Nc1nc2ccccc2c2c1ncn2CC(C)C. The van der Waals surface area contributed by atoms with Crippen LogP contribution in [-0.2, 0) is 11.3 Å². The van der Waals surface area contributed by atoms with Crippen LogP contribution in [0.4, 0.5) is 5.82 Å². The van der Waals surface area contributed by atoms with E-state index in [0.29, 0.717) is 18.2 Å². The van der Waals surface area contributed by atoms with E-state index in [1.165, 1.54) is 181 Å². The van der Waals surface area contributed by atoms with Crippen LogP contribution in [0.3, 0.4) is 0 Å². The van der Waals surface area contributed by atoms with E-state index in [9.17, 15) is 4.79 Å². The van der Waals surface area contributed by atoms with Gasteiger partial charge in [-0.2, -0.15) is 0 Å². The zero-order valence-electron chi connectivity index (χ0n) is 40.1. The average molecular weight is 832 g/mol. The Morgan fingerprint density at radius 3 is 1.60 bits per heavy atom. The predicted octanol–water partition coefficient (Wildman–Crippen LogP) is 13.5. The lowest BCUT2D eigenvalue weighted by Gasteiger charge is -2.24. The number of imidazole rings is 1. The second-order valence-corrected chi connectivity index (χ2v) is 18.8. The number of nitrogens with one attached hydrogen (secondary N) is 1. The van der Waals surface area contributed by atoms with Crippen LogP contribution in [0.25, 0.3) is 21.9 Å². The maximum Gasteiger partial charge on any atom is 0.225 e. The van der Waals surface area contributed by atoms with Crippen molar-refractivity contribution >= 4 is 33.7 Å². The monoisotopic (exact) mass is 832 g/mol. The molecule has 8 heteroatoms. The van der Waals surface area contributed by atoms with Crippen molar-refractivity contribution in [3.8, 4) is 0 Å². The van der Waals surface area contributed by atoms with Crippen molar-refractivity contribution in [2.45, 2.75) is 201 Å². The van der Waals surface area contributed by atoms with Crippen LogP contribution in [0.5, 0.6) is 0 Å². The number of fused-ring (bicyclic) bond motifs is 3. The molecule has 0 aliphatic heterocycles. The summed E-state index contributed by atoms with van der Waals surface area (Å²) in [6.07, 6.45) is 35.9. The smallest absolute Gasteiger partial charge is 0.225 e. The largest absolute Gasteiger partial charge is 0.330 e. The Kier molecular flexibility index (Phi) is 28.5. The van der Waals surface area contributed by atoms with E-state index in [2.05, 4.69) is 72.4 Å². The van der Waals surface area contributed by atoms with E-state index < -0.39 is 0 Å². The molecule has 3 aromatic rings. The van der Waals surface area contributed by atoms with E-state index in [4.69, 9.17) is 9.97 Å². The minimum Gasteiger partial charge on any atom is -0.330 e. The number of para-hydroxylation sites is 1. The molecular weight excluding hydrogens is 739 g/mol. The van der Waals surface area contributed by atoms with E-state index in [1.54, 1.807) is 0 Å². The van der Waals surface area contributed by atoms with E-state index >= 15 is 0 Å². The van der Waals surface area contributed by atoms with Crippen molar-refractivity contribution in [2.24, 2.45) is 5.92 Å². The number of anilines is 1. The first-order valence-electron chi connectivity index (χ1n) is 25.4. The molecule has 0 radical (unpaired) electrons. The summed E-state index contributed by atoms with van der Waals surface area (Å²) in [5.74, 6) is 1.11. The molecule has 2 aromatic heterocycles. The Labute approximate surface area is 369 Å². The van der Waals surface area contributed by atoms with E-state index in [-0.39, 0.29) is 5.91 Å². The van der Waals surface area contributed by atoms with Crippen LogP contribution in [0.2, 0.25) is 0 Å². The number of aromatic nitrogens is 3. The van der Waals surface area contributed by atoms with Gasteiger partial charge in [0.05, 0.1) is 17.4 Å². The molecule has 60 heavy (non-hydrogen) atoms. The first kappa shape index (κ1) is 51.8. The summed E-state index contributed by atoms with van der Waals surface area (Å²) in [6, 6.07) is 8.18. The molecule has 0 spiro atoms. The van der Waals surface area contributed by atoms with E-state index in [1.807, 2.05) is 24.5 Å². The average Bonchev–Trinajstić information content (AvgIpc) is 3.65. The van der Waals surface area contributed by atoms with Gasteiger partial charge < -0.3 is 24.6 Å². The summed E-state index contributed by atoms with van der Waals surface area (Å²) >= 11 is 0. The lowest BCUT2D eigenvalue weighted by Crippen LogP contribution is -2.31. The zero-order chi connectivity index (χ0) is 43.0. The molecule has 8 nitrogen and oxygen atoms in total. The third-order valence-electron chi connectivity index (χ3n) is 12.5. The van der Waals surface area contributed by atoms with Gasteiger partial charge in [0.2, 0.25) is 5.91 Å². The number of carbonyl (C=O) groups excluding carboxylic acids is 1. The highest BCUT2D eigenvalue weighted by Gasteiger charge is 2.16. The molecule has 0 atom stereocenters. The number of unbranched alkanes of at least 4 members (excludes halogenated alkanes) is 20. The minimum absolute atomic E-state index is 0.0349. The number of carbonyl (C=O) groups is 1. The number of rotatable bonds is 39. The fourth-order valence-electron chi connectivity index (χ4n) is 8.82. The van der Waals surface area contributed by atoms with Crippen molar-refractivity contribution in [1.29, 1.82) is 0 Å². The molecular formula is C52H93N7O. The molecule has 342 valence electrons. The lowest BCUT2D eigenvalue weighted by molar-refractivity contribution is -0.116.